The van der Waals surface area contributed by atoms with Crippen LogP contribution in [-0.2, 0) is 13.1 Å². The molecule has 2 rings (SSSR count). The Bertz CT molecular complexity index is 549. The van der Waals surface area contributed by atoms with Gasteiger partial charge in [0.1, 0.15) is 0 Å². The van der Waals surface area contributed by atoms with E-state index >= 15 is 0 Å². The molecule has 106 valence electrons. The van der Waals surface area contributed by atoms with Gasteiger partial charge in [-0.3, -0.25) is 4.98 Å². The van der Waals surface area contributed by atoms with E-state index in [1.165, 1.54) is 5.56 Å². The van der Waals surface area contributed by atoms with E-state index in [1.54, 1.807) is 11.3 Å². The van der Waals surface area contributed by atoms with E-state index in [-0.39, 0.29) is 0 Å². The molecule has 20 heavy (non-hydrogen) atoms. The van der Waals surface area contributed by atoms with E-state index in [4.69, 9.17) is 0 Å². The molecule has 0 aliphatic carbocycles. The molecule has 0 amide bonds. The number of guanidine groups is 1. The summed E-state index contributed by atoms with van der Waals surface area (Å²) in [6.07, 6.45) is 0. The Labute approximate surface area is 124 Å². The van der Waals surface area contributed by atoms with E-state index in [9.17, 15) is 0 Å². The molecule has 0 saturated heterocycles. The van der Waals surface area contributed by atoms with Crippen LogP contribution in [0.25, 0.3) is 0 Å². The Kier molecular flexibility index (Phi) is 5.55. The third-order valence-corrected chi connectivity index (χ3v) is 3.46. The first-order chi connectivity index (χ1) is 9.78. The lowest BCUT2D eigenvalue weighted by molar-refractivity contribution is 0.797. The van der Waals surface area contributed by atoms with Crippen LogP contribution in [0.2, 0.25) is 0 Å². The second-order valence-corrected chi connectivity index (χ2v) is 5.23. The first kappa shape index (κ1) is 14.5. The molecule has 2 aromatic rings. The molecule has 0 unspecified atom stereocenters. The summed E-state index contributed by atoms with van der Waals surface area (Å²) in [5.74, 6) is 0.821. The summed E-state index contributed by atoms with van der Waals surface area (Å²) in [7, 11) is 0. The predicted octanol–water partition coefficient (Wildman–Crippen LogP) is 2.71. The molecule has 0 aliphatic rings. The summed E-state index contributed by atoms with van der Waals surface area (Å²) in [6.45, 7) is 6.28. The first-order valence-electron chi connectivity index (χ1n) is 6.73. The van der Waals surface area contributed by atoms with E-state index in [2.05, 4.69) is 44.4 Å². The van der Waals surface area contributed by atoms with Gasteiger partial charge in [-0.2, -0.15) is 11.3 Å². The van der Waals surface area contributed by atoms with Crippen molar-refractivity contribution in [2.75, 3.05) is 6.54 Å². The van der Waals surface area contributed by atoms with Gasteiger partial charge in [0.05, 0.1) is 18.8 Å². The summed E-state index contributed by atoms with van der Waals surface area (Å²) < 4.78 is 0. The predicted molar refractivity (Wildman–Crippen MR) is 84.9 cm³/mol. The molecule has 4 nitrogen and oxygen atoms in total. The molecule has 0 saturated carbocycles. The second-order valence-electron chi connectivity index (χ2n) is 4.45. The normalized spacial score (nSPS) is 11.4. The van der Waals surface area contributed by atoms with Crippen LogP contribution in [0.3, 0.4) is 0 Å². The smallest absolute Gasteiger partial charge is 0.191 e. The molecule has 2 aromatic heterocycles. The third kappa shape index (κ3) is 4.66. The van der Waals surface area contributed by atoms with Crippen molar-refractivity contribution in [3.05, 3.63) is 52.0 Å². The fourth-order valence-corrected chi connectivity index (χ4v) is 2.43. The van der Waals surface area contributed by atoms with Crippen LogP contribution >= 0.6 is 11.3 Å². The number of aliphatic imine (C=N–C) groups is 1. The van der Waals surface area contributed by atoms with Crippen molar-refractivity contribution >= 4 is 17.3 Å². The molecule has 5 heteroatoms. The molecule has 0 fully saturated rings. The molecule has 0 aliphatic heterocycles. The van der Waals surface area contributed by atoms with Crippen molar-refractivity contribution in [1.82, 2.24) is 15.6 Å². The zero-order valence-corrected chi connectivity index (χ0v) is 12.7. The highest BCUT2D eigenvalue weighted by molar-refractivity contribution is 7.07. The summed E-state index contributed by atoms with van der Waals surface area (Å²) >= 11 is 1.70. The Morgan fingerprint density at radius 2 is 2.20 bits per heavy atom. The molecular formula is C15H20N4S. The number of thiophene rings is 1. The van der Waals surface area contributed by atoms with Gasteiger partial charge in [-0.05, 0) is 48.4 Å². The van der Waals surface area contributed by atoms with E-state index in [0.717, 1.165) is 23.9 Å². The Morgan fingerprint density at radius 3 is 2.90 bits per heavy atom. The average Bonchev–Trinajstić information content (AvgIpc) is 2.95. The van der Waals surface area contributed by atoms with Gasteiger partial charge in [0.25, 0.3) is 0 Å². The zero-order chi connectivity index (χ0) is 14.2. The number of rotatable bonds is 5. The van der Waals surface area contributed by atoms with Gasteiger partial charge in [0.15, 0.2) is 5.96 Å². The maximum Gasteiger partial charge on any atom is 0.191 e. The minimum absolute atomic E-state index is 0.678. The number of hydrogen-bond donors (Lipinski definition) is 2. The summed E-state index contributed by atoms with van der Waals surface area (Å²) in [5.41, 5.74) is 3.29. The van der Waals surface area contributed by atoms with Crippen molar-refractivity contribution < 1.29 is 0 Å². The SMILES string of the molecule is CCNC(=NCc1ccsc1)NCc1cccc(C)n1. The van der Waals surface area contributed by atoms with Gasteiger partial charge in [0, 0.05) is 12.2 Å². The Morgan fingerprint density at radius 1 is 1.30 bits per heavy atom. The van der Waals surface area contributed by atoms with Crippen LogP contribution in [0.5, 0.6) is 0 Å². The number of aryl methyl sites for hydroxylation is 1. The molecule has 0 aromatic carbocycles. The minimum atomic E-state index is 0.678. The molecule has 2 heterocycles. The topological polar surface area (TPSA) is 49.3 Å². The highest BCUT2D eigenvalue weighted by Crippen LogP contribution is 2.06. The summed E-state index contributed by atoms with van der Waals surface area (Å²) in [6, 6.07) is 8.14. The minimum Gasteiger partial charge on any atom is -0.357 e. The van der Waals surface area contributed by atoms with Crippen LogP contribution in [-0.4, -0.2) is 17.5 Å². The van der Waals surface area contributed by atoms with Crippen LogP contribution in [0.15, 0.2) is 40.0 Å². The Balaban J connectivity index is 1.93. The largest absolute Gasteiger partial charge is 0.357 e. The molecule has 0 radical (unpaired) electrons. The van der Waals surface area contributed by atoms with E-state index in [1.807, 2.05) is 25.1 Å². The molecular weight excluding hydrogens is 268 g/mol. The quantitative estimate of drug-likeness (QED) is 0.657. The third-order valence-electron chi connectivity index (χ3n) is 2.73. The van der Waals surface area contributed by atoms with Crippen molar-refractivity contribution in [2.24, 2.45) is 4.99 Å². The van der Waals surface area contributed by atoms with Crippen molar-refractivity contribution in [2.45, 2.75) is 26.9 Å². The molecule has 2 N–H and O–H groups in total. The van der Waals surface area contributed by atoms with Crippen molar-refractivity contribution in [3.8, 4) is 0 Å². The lowest BCUT2D eigenvalue weighted by Crippen LogP contribution is -2.37. The first-order valence-corrected chi connectivity index (χ1v) is 7.68. The maximum absolute atomic E-state index is 4.57. The summed E-state index contributed by atoms with van der Waals surface area (Å²) in [5, 5.41) is 10.7. The monoisotopic (exact) mass is 288 g/mol. The van der Waals surface area contributed by atoms with Crippen LogP contribution < -0.4 is 10.6 Å². The van der Waals surface area contributed by atoms with Gasteiger partial charge < -0.3 is 10.6 Å². The molecule has 0 bridgehead atoms. The fraction of sp³-hybridized carbons (Fsp3) is 0.333. The maximum atomic E-state index is 4.57. The van der Waals surface area contributed by atoms with E-state index in [0.29, 0.717) is 13.1 Å². The highest BCUT2D eigenvalue weighted by atomic mass is 32.1. The van der Waals surface area contributed by atoms with Gasteiger partial charge in [-0.25, -0.2) is 4.99 Å². The van der Waals surface area contributed by atoms with Crippen LogP contribution in [0.1, 0.15) is 23.9 Å². The summed E-state index contributed by atoms with van der Waals surface area (Å²) in [4.78, 5) is 9.04. The number of nitrogens with zero attached hydrogens (tertiary/aromatic N) is 2. The Hall–Kier alpha value is -1.88. The fourth-order valence-electron chi connectivity index (χ4n) is 1.77. The average molecular weight is 288 g/mol. The number of nitrogens with one attached hydrogen (secondary N) is 2. The van der Waals surface area contributed by atoms with Crippen molar-refractivity contribution in [3.63, 3.8) is 0 Å². The standard InChI is InChI=1S/C15H20N4S/c1-3-16-15(17-9-13-7-8-20-11-13)18-10-14-6-4-5-12(2)19-14/h4-8,11H,3,9-10H2,1-2H3,(H2,16,17,18). The number of hydrogen-bond acceptors (Lipinski definition) is 3. The van der Waals surface area contributed by atoms with Crippen LogP contribution in [0.4, 0.5) is 0 Å². The van der Waals surface area contributed by atoms with Crippen LogP contribution in [0, 0.1) is 6.92 Å². The van der Waals surface area contributed by atoms with Gasteiger partial charge in [-0.1, -0.05) is 6.07 Å². The lowest BCUT2D eigenvalue weighted by atomic mass is 10.3. The van der Waals surface area contributed by atoms with Gasteiger partial charge >= 0.3 is 0 Å². The molecule has 0 spiro atoms. The van der Waals surface area contributed by atoms with Crippen molar-refractivity contribution in [1.29, 1.82) is 0 Å². The van der Waals surface area contributed by atoms with Gasteiger partial charge in [0.2, 0.25) is 0 Å². The van der Waals surface area contributed by atoms with Gasteiger partial charge in [-0.15, -0.1) is 0 Å². The van der Waals surface area contributed by atoms with E-state index < -0.39 is 0 Å². The number of aromatic nitrogens is 1. The zero-order valence-electron chi connectivity index (χ0n) is 11.9. The number of pyridine rings is 1. The molecule has 0 atom stereocenters. The highest BCUT2D eigenvalue weighted by Gasteiger charge is 2.00. The lowest BCUT2D eigenvalue weighted by Gasteiger charge is -2.11. The second kappa shape index (κ2) is 7.65.